The number of aryl methyl sites for hydroxylation is 1. The fourth-order valence-electron chi connectivity index (χ4n) is 3.41. The Morgan fingerprint density at radius 1 is 1.33 bits per heavy atom. The molecule has 0 spiro atoms. The number of nitrogens with zero attached hydrogens (tertiary/aromatic N) is 4. The monoisotopic (exact) mass is 419 g/mol. The van der Waals surface area contributed by atoms with Crippen LogP contribution in [0.3, 0.4) is 0 Å². The van der Waals surface area contributed by atoms with Crippen LogP contribution in [-0.4, -0.2) is 78.3 Å². The van der Waals surface area contributed by atoms with Crippen molar-refractivity contribution in [2.45, 2.75) is 32.9 Å². The predicted octanol–water partition coefficient (Wildman–Crippen LogP) is 1.84. The Labute approximate surface area is 176 Å². The second-order valence-corrected chi connectivity index (χ2v) is 7.60. The molecule has 1 unspecified atom stereocenters. The van der Waals surface area contributed by atoms with Gasteiger partial charge in [0.1, 0.15) is 5.82 Å². The third kappa shape index (κ3) is 5.84. The Balaban J connectivity index is 1.46. The highest BCUT2D eigenvalue weighted by molar-refractivity contribution is 5.81. The predicted molar refractivity (Wildman–Crippen MR) is 110 cm³/mol. The number of nitrogens with one attached hydrogen (secondary N) is 1. The Morgan fingerprint density at radius 3 is 2.80 bits per heavy atom. The summed E-state index contributed by atoms with van der Waals surface area (Å²) >= 11 is 0. The molecule has 1 atom stereocenters. The van der Waals surface area contributed by atoms with Crippen LogP contribution in [0.25, 0.3) is 11.4 Å². The normalized spacial score (nSPS) is 16.5. The van der Waals surface area contributed by atoms with Crippen molar-refractivity contribution in [2.75, 3.05) is 46.4 Å². The zero-order chi connectivity index (χ0) is 21.5. The molecule has 0 bridgehead atoms. The molecule has 1 fully saturated rings. The zero-order valence-electron chi connectivity index (χ0n) is 17.9. The summed E-state index contributed by atoms with van der Waals surface area (Å²) in [6, 6.07) is 4.74. The molecule has 1 aromatic carbocycles. The summed E-state index contributed by atoms with van der Waals surface area (Å²) in [5, 5.41) is 6.94. The SMILES string of the molecule is COCCCNC(=O)C(C)N1CCN(Cc2nc(-c3ccc(C)c(F)c3)no2)CC1. The first-order valence-corrected chi connectivity index (χ1v) is 10.3. The first-order chi connectivity index (χ1) is 14.5. The van der Waals surface area contributed by atoms with Crippen LogP contribution in [0.15, 0.2) is 22.7 Å². The second-order valence-electron chi connectivity index (χ2n) is 7.60. The fourth-order valence-corrected chi connectivity index (χ4v) is 3.41. The Bertz CT molecular complexity index is 836. The lowest BCUT2D eigenvalue weighted by Crippen LogP contribution is -2.53. The first kappa shape index (κ1) is 22.3. The number of carbonyl (C=O) groups excluding carboxylic acids is 1. The molecular formula is C21H30FN5O3. The van der Waals surface area contributed by atoms with E-state index >= 15 is 0 Å². The summed E-state index contributed by atoms with van der Waals surface area (Å²) in [7, 11) is 1.65. The van der Waals surface area contributed by atoms with E-state index in [1.54, 1.807) is 26.2 Å². The largest absolute Gasteiger partial charge is 0.385 e. The van der Waals surface area contributed by atoms with Crippen LogP contribution in [0.5, 0.6) is 0 Å². The molecule has 1 saturated heterocycles. The quantitative estimate of drug-likeness (QED) is 0.621. The van der Waals surface area contributed by atoms with Crippen LogP contribution in [0.4, 0.5) is 4.39 Å². The Morgan fingerprint density at radius 2 is 2.10 bits per heavy atom. The molecule has 8 nitrogen and oxygen atoms in total. The fraction of sp³-hybridized carbons (Fsp3) is 0.571. The molecule has 1 aromatic heterocycles. The molecule has 1 N–H and O–H groups in total. The smallest absolute Gasteiger partial charge is 0.241 e. The van der Waals surface area contributed by atoms with Crippen LogP contribution in [-0.2, 0) is 16.1 Å². The molecular weight excluding hydrogens is 389 g/mol. The van der Waals surface area contributed by atoms with Crippen LogP contribution in [0.1, 0.15) is 24.8 Å². The highest BCUT2D eigenvalue weighted by Gasteiger charge is 2.26. The van der Waals surface area contributed by atoms with Gasteiger partial charge < -0.3 is 14.6 Å². The minimum Gasteiger partial charge on any atom is -0.385 e. The van der Waals surface area contributed by atoms with Crippen molar-refractivity contribution >= 4 is 5.91 Å². The summed E-state index contributed by atoms with van der Waals surface area (Å²) in [6.07, 6.45) is 0.810. The standard InChI is InChI=1S/C21H30FN5O3/c1-15-5-6-17(13-18(15)22)20-24-19(30-25-20)14-26-8-10-27(11-9-26)16(2)21(28)23-7-4-12-29-3/h5-6,13,16H,4,7-12,14H2,1-3H3,(H,23,28). The van der Waals surface area contributed by atoms with Gasteiger partial charge in [0.05, 0.1) is 12.6 Å². The van der Waals surface area contributed by atoms with E-state index in [1.165, 1.54) is 6.07 Å². The maximum atomic E-state index is 13.8. The van der Waals surface area contributed by atoms with Gasteiger partial charge in [-0.25, -0.2) is 4.39 Å². The van der Waals surface area contributed by atoms with Gasteiger partial charge >= 0.3 is 0 Å². The lowest BCUT2D eigenvalue weighted by molar-refractivity contribution is -0.126. The average molecular weight is 420 g/mol. The molecule has 2 heterocycles. The van der Waals surface area contributed by atoms with E-state index in [1.807, 2.05) is 6.92 Å². The van der Waals surface area contributed by atoms with E-state index in [-0.39, 0.29) is 17.8 Å². The zero-order valence-corrected chi connectivity index (χ0v) is 17.9. The van der Waals surface area contributed by atoms with E-state index in [0.717, 1.165) is 32.6 Å². The number of carbonyl (C=O) groups is 1. The van der Waals surface area contributed by atoms with Crippen LogP contribution in [0.2, 0.25) is 0 Å². The van der Waals surface area contributed by atoms with Gasteiger partial charge in [0.15, 0.2) is 0 Å². The van der Waals surface area contributed by atoms with Gasteiger partial charge in [0.25, 0.3) is 0 Å². The van der Waals surface area contributed by atoms with Crippen molar-refractivity contribution in [1.29, 1.82) is 0 Å². The van der Waals surface area contributed by atoms with Gasteiger partial charge in [-0.3, -0.25) is 14.6 Å². The summed E-state index contributed by atoms with van der Waals surface area (Å²) in [5.41, 5.74) is 1.18. The van der Waals surface area contributed by atoms with Crippen LogP contribution in [0, 0.1) is 12.7 Å². The summed E-state index contributed by atoms with van der Waals surface area (Å²) in [5.74, 6) is 0.655. The molecule has 164 valence electrons. The third-order valence-electron chi connectivity index (χ3n) is 5.42. The molecule has 1 aliphatic heterocycles. The van der Waals surface area contributed by atoms with Gasteiger partial charge in [-0.15, -0.1) is 0 Å². The van der Waals surface area contributed by atoms with Gasteiger partial charge in [-0.2, -0.15) is 4.98 Å². The Kier molecular flexibility index (Phi) is 7.89. The molecule has 9 heteroatoms. The van der Waals surface area contributed by atoms with Gasteiger partial charge in [0, 0.05) is 52.0 Å². The summed E-state index contributed by atoms with van der Waals surface area (Å²) in [6.45, 7) is 8.64. The number of rotatable bonds is 9. The van der Waals surface area contributed by atoms with Crippen LogP contribution < -0.4 is 5.32 Å². The Hall–Kier alpha value is -2.36. The molecule has 1 amide bonds. The van der Waals surface area contributed by atoms with E-state index in [4.69, 9.17) is 9.26 Å². The average Bonchev–Trinajstić information content (AvgIpc) is 3.21. The molecule has 3 rings (SSSR count). The molecule has 0 saturated carbocycles. The van der Waals surface area contributed by atoms with Crippen molar-refractivity contribution < 1.29 is 18.4 Å². The number of amides is 1. The highest BCUT2D eigenvalue weighted by atomic mass is 19.1. The molecule has 30 heavy (non-hydrogen) atoms. The van der Waals surface area contributed by atoms with Crippen molar-refractivity contribution in [3.63, 3.8) is 0 Å². The lowest BCUT2D eigenvalue weighted by Gasteiger charge is -2.36. The second kappa shape index (κ2) is 10.6. The minimum atomic E-state index is -0.285. The van der Waals surface area contributed by atoms with E-state index in [0.29, 0.717) is 42.5 Å². The number of ether oxygens (including phenoxy) is 1. The lowest BCUT2D eigenvalue weighted by atomic mass is 10.1. The van der Waals surface area contributed by atoms with E-state index < -0.39 is 0 Å². The first-order valence-electron chi connectivity index (χ1n) is 10.3. The number of methoxy groups -OCH3 is 1. The van der Waals surface area contributed by atoms with Gasteiger partial charge in [-0.1, -0.05) is 17.3 Å². The van der Waals surface area contributed by atoms with Crippen molar-refractivity contribution in [3.8, 4) is 11.4 Å². The molecule has 1 aliphatic rings. The molecule has 0 radical (unpaired) electrons. The maximum Gasteiger partial charge on any atom is 0.241 e. The van der Waals surface area contributed by atoms with Crippen molar-refractivity contribution in [1.82, 2.24) is 25.3 Å². The number of hydrogen-bond donors (Lipinski definition) is 1. The van der Waals surface area contributed by atoms with Gasteiger partial charge in [0.2, 0.25) is 17.6 Å². The van der Waals surface area contributed by atoms with Crippen molar-refractivity contribution in [3.05, 3.63) is 35.5 Å². The van der Waals surface area contributed by atoms with Crippen LogP contribution >= 0.6 is 0 Å². The number of hydrogen-bond acceptors (Lipinski definition) is 7. The highest BCUT2D eigenvalue weighted by Crippen LogP contribution is 2.20. The van der Waals surface area contributed by atoms with E-state index in [2.05, 4.69) is 25.3 Å². The third-order valence-corrected chi connectivity index (χ3v) is 5.42. The molecule has 0 aliphatic carbocycles. The van der Waals surface area contributed by atoms with Crippen molar-refractivity contribution in [2.24, 2.45) is 0 Å². The number of aromatic nitrogens is 2. The van der Waals surface area contributed by atoms with Gasteiger partial charge in [-0.05, 0) is 31.9 Å². The molecule has 2 aromatic rings. The number of halogens is 1. The minimum absolute atomic E-state index is 0.0476. The summed E-state index contributed by atoms with van der Waals surface area (Å²) in [4.78, 5) is 21.1. The topological polar surface area (TPSA) is 83.7 Å². The number of piperazine rings is 1. The maximum absolute atomic E-state index is 13.8. The van der Waals surface area contributed by atoms with E-state index in [9.17, 15) is 9.18 Å². The number of benzene rings is 1. The summed E-state index contributed by atoms with van der Waals surface area (Å²) < 4.78 is 24.1.